The van der Waals surface area contributed by atoms with Crippen molar-refractivity contribution >= 4 is 22.1 Å². The molecule has 0 saturated heterocycles. The third kappa shape index (κ3) is 2.37. The Labute approximate surface area is 144 Å². The zero-order valence-electron chi connectivity index (χ0n) is 13.4. The normalized spacial score (nSPS) is 11.2. The Hall–Kier alpha value is -3.46. The number of rotatable bonds is 2. The summed E-state index contributed by atoms with van der Waals surface area (Å²) in [5.74, 6) is 0. The number of hydrogen-bond donors (Lipinski definition) is 0. The molecule has 0 saturated carbocycles. The van der Waals surface area contributed by atoms with Gasteiger partial charge in [0.05, 0.1) is 11.4 Å². The summed E-state index contributed by atoms with van der Waals surface area (Å²) in [4.78, 5) is 9.13. The predicted octanol–water partition coefficient (Wildman–Crippen LogP) is 5.71. The molecule has 0 fully saturated rings. The summed E-state index contributed by atoms with van der Waals surface area (Å²) in [7, 11) is 0. The molecular formula is C22H14N2O. The van der Waals surface area contributed by atoms with E-state index < -0.39 is 0 Å². The molecule has 0 N–H and O–H groups in total. The molecule has 3 nitrogen and oxygen atoms in total. The van der Waals surface area contributed by atoms with Crippen LogP contribution in [0.1, 0.15) is 0 Å². The molecule has 118 valence electrons. The van der Waals surface area contributed by atoms with Crippen molar-refractivity contribution in [1.29, 1.82) is 0 Å². The topological polar surface area (TPSA) is 38.9 Å². The molecule has 0 atom stereocenters. The maximum atomic E-state index is 5.97. The molecule has 0 aliphatic carbocycles. The second kappa shape index (κ2) is 5.56. The SMILES string of the molecule is c1ccc(-c2ccc3c(n2)oc2ccc(-c4ccccn4)cc23)cc1. The largest absolute Gasteiger partial charge is 0.438 e. The minimum Gasteiger partial charge on any atom is -0.438 e. The molecule has 0 aliphatic heterocycles. The van der Waals surface area contributed by atoms with Crippen LogP contribution in [0, 0.1) is 0 Å². The van der Waals surface area contributed by atoms with Crippen molar-refractivity contribution in [3.63, 3.8) is 0 Å². The van der Waals surface area contributed by atoms with Gasteiger partial charge in [-0.05, 0) is 42.5 Å². The standard InChI is InChI=1S/C22H14N2O/c1-2-6-15(7-3-1)20-11-10-17-18-14-16(19-8-4-5-13-23-19)9-12-21(18)25-22(17)24-20/h1-14H. The van der Waals surface area contributed by atoms with Gasteiger partial charge in [0.15, 0.2) is 0 Å². The van der Waals surface area contributed by atoms with Crippen molar-refractivity contribution in [3.05, 3.63) is 85.1 Å². The van der Waals surface area contributed by atoms with Gasteiger partial charge in [-0.2, -0.15) is 0 Å². The third-order valence-electron chi connectivity index (χ3n) is 4.37. The lowest BCUT2D eigenvalue weighted by Gasteiger charge is -2.00. The fourth-order valence-electron chi connectivity index (χ4n) is 3.12. The van der Waals surface area contributed by atoms with Crippen LogP contribution in [0.25, 0.3) is 44.6 Å². The second-order valence-corrected chi connectivity index (χ2v) is 5.94. The van der Waals surface area contributed by atoms with Crippen molar-refractivity contribution in [3.8, 4) is 22.5 Å². The molecule has 5 aromatic rings. The van der Waals surface area contributed by atoms with Crippen molar-refractivity contribution < 1.29 is 4.42 Å². The van der Waals surface area contributed by atoms with Crippen LogP contribution in [-0.4, -0.2) is 9.97 Å². The lowest BCUT2D eigenvalue weighted by molar-refractivity contribution is 0.654. The highest BCUT2D eigenvalue weighted by Crippen LogP contribution is 2.32. The van der Waals surface area contributed by atoms with E-state index in [-0.39, 0.29) is 0 Å². The number of hydrogen-bond acceptors (Lipinski definition) is 3. The van der Waals surface area contributed by atoms with Crippen LogP contribution in [0.5, 0.6) is 0 Å². The van der Waals surface area contributed by atoms with E-state index in [1.165, 1.54) is 0 Å². The van der Waals surface area contributed by atoms with Gasteiger partial charge >= 0.3 is 0 Å². The van der Waals surface area contributed by atoms with E-state index in [4.69, 9.17) is 9.40 Å². The fourth-order valence-corrected chi connectivity index (χ4v) is 3.12. The molecule has 0 bridgehead atoms. The average Bonchev–Trinajstić information content (AvgIpc) is 3.06. The molecule has 2 aromatic carbocycles. The van der Waals surface area contributed by atoms with Gasteiger partial charge in [0, 0.05) is 28.1 Å². The van der Waals surface area contributed by atoms with Gasteiger partial charge in [-0.1, -0.05) is 36.4 Å². The van der Waals surface area contributed by atoms with E-state index in [1.807, 2.05) is 54.6 Å². The Morgan fingerprint density at radius 2 is 1.52 bits per heavy atom. The molecule has 5 rings (SSSR count). The summed E-state index contributed by atoms with van der Waals surface area (Å²) < 4.78 is 5.97. The summed E-state index contributed by atoms with van der Waals surface area (Å²) in [5, 5.41) is 2.08. The molecular weight excluding hydrogens is 308 g/mol. The molecule has 0 unspecified atom stereocenters. The van der Waals surface area contributed by atoms with E-state index in [2.05, 4.69) is 29.2 Å². The van der Waals surface area contributed by atoms with Crippen LogP contribution in [0.15, 0.2) is 89.5 Å². The predicted molar refractivity (Wildman–Crippen MR) is 100 cm³/mol. The van der Waals surface area contributed by atoms with Gasteiger partial charge in [-0.15, -0.1) is 0 Å². The summed E-state index contributed by atoms with van der Waals surface area (Å²) in [5.41, 5.74) is 5.52. The van der Waals surface area contributed by atoms with E-state index in [0.29, 0.717) is 5.71 Å². The molecule has 0 aliphatic rings. The first-order valence-corrected chi connectivity index (χ1v) is 8.19. The third-order valence-corrected chi connectivity index (χ3v) is 4.37. The van der Waals surface area contributed by atoms with Crippen molar-refractivity contribution in [2.75, 3.05) is 0 Å². The van der Waals surface area contributed by atoms with Crippen LogP contribution < -0.4 is 0 Å². The highest BCUT2D eigenvalue weighted by molar-refractivity contribution is 6.05. The van der Waals surface area contributed by atoms with E-state index in [9.17, 15) is 0 Å². The number of nitrogens with zero attached hydrogens (tertiary/aromatic N) is 2. The lowest BCUT2D eigenvalue weighted by Crippen LogP contribution is -1.83. The van der Waals surface area contributed by atoms with Crippen LogP contribution >= 0.6 is 0 Å². The molecule has 0 radical (unpaired) electrons. The van der Waals surface area contributed by atoms with Crippen LogP contribution in [0.3, 0.4) is 0 Å². The number of furan rings is 1. The van der Waals surface area contributed by atoms with Gasteiger partial charge in [-0.3, -0.25) is 4.98 Å². The first-order valence-electron chi connectivity index (χ1n) is 8.19. The lowest BCUT2D eigenvalue weighted by atomic mass is 10.1. The maximum Gasteiger partial charge on any atom is 0.227 e. The first kappa shape index (κ1) is 13.9. The van der Waals surface area contributed by atoms with Gasteiger partial charge in [0.25, 0.3) is 0 Å². The molecule has 3 aromatic heterocycles. The van der Waals surface area contributed by atoms with Crippen LogP contribution in [0.4, 0.5) is 0 Å². The number of aromatic nitrogens is 2. The number of pyridine rings is 2. The minimum absolute atomic E-state index is 0.662. The fraction of sp³-hybridized carbons (Fsp3) is 0. The molecule has 0 amide bonds. The van der Waals surface area contributed by atoms with Gasteiger partial charge in [-0.25, -0.2) is 4.98 Å². The maximum absolute atomic E-state index is 5.97. The summed E-state index contributed by atoms with van der Waals surface area (Å²) >= 11 is 0. The van der Waals surface area contributed by atoms with Gasteiger partial charge in [0.1, 0.15) is 5.58 Å². The smallest absolute Gasteiger partial charge is 0.227 e. The summed E-state index contributed by atoms with van der Waals surface area (Å²) in [6.45, 7) is 0. The Kier molecular flexibility index (Phi) is 3.10. The van der Waals surface area contributed by atoms with Crippen molar-refractivity contribution in [2.24, 2.45) is 0 Å². The van der Waals surface area contributed by atoms with E-state index >= 15 is 0 Å². The second-order valence-electron chi connectivity index (χ2n) is 5.94. The molecule has 25 heavy (non-hydrogen) atoms. The molecule has 3 heterocycles. The van der Waals surface area contributed by atoms with Crippen molar-refractivity contribution in [1.82, 2.24) is 9.97 Å². The zero-order valence-corrected chi connectivity index (χ0v) is 13.4. The van der Waals surface area contributed by atoms with Gasteiger partial charge in [0.2, 0.25) is 5.71 Å². The van der Waals surface area contributed by atoms with Crippen LogP contribution in [0.2, 0.25) is 0 Å². The average molecular weight is 322 g/mol. The number of benzene rings is 2. The highest BCUT2D eigenvalue weighted by atomic mass is 16.3. The van der Waals surface area contributed by atoms with Crippen LogP contribution in [-0.2, 0) is 0 Å². The Balaban J connectivity index is 1.69. The van der Waals surface area contributed by atoms with E-state index in [1.54, 1.807) is 6.20 Å². The Bertz CT molecular complexity index is 1180. The molecule has 3 heteroatoms. The summed E-state index contributed by atoms with van der Waals surface area (Å²) in [6, 6.07) is 26.3. The van der Waals surface area contributed by atoms with E-state index in [0.717, 1.165) is 38.9 Å². The monoisotopic (exact) mass is 322 g/mol. The quantitative estimate of drug-likeness (QED) is 0.418. The Morgan fingerprint density at radius 1 is 0.640 bits per heavy atom. The van der Waals surface area contributed by atoms with Gasteiger partial charge < -0.3 is 4.42 Å². The zero-order chi connectivity index (χ0) is 16.6. The number of fused-ring (bicyclic) bond motifs is 3. The first-order chi connectivity index (χ1) is 12.4. The Morgan fingerprint density at radius 3 is 2.36 bits per heavy atom. The highest BCUT2D eigenvalue weighted by Gasteiger charge is 2.11. The summed E-state index contributed by atoms with van der Waals surface area (Å²) in [6.07, 6.45) is 1.81. The molecule has 0 spiro atoms. The minimum atomic E-state index is 0.662. The van der Waals surface area contributed by atoms with Crippen molar-refractivity contribution in [2.45, 2.75) is 0 Å².